The summed E-state index contributed by atoms with van der Waals surface area (Å²) < 4.78 is 23.0. The molecule has 52 heavy (non-hydrogen) atoms. The highest BCUT2D eigenvalue weighted by Gasteiger charge is 2.43. The Morgan fingerprint density at radius 1 is 0.846 bits per heavy atom. The second kappa shape index (κ2) is 16.6. The maximum Gasteiger partial charge on any atom is 0.408 e. The average Bonchev–Trinajstić information content (AvgIpc) is 3.72. The van der Waals surface area contributed by atoms with Gasteiger partial charge in [-0.05, 0) is 90.5 Å². The molecule has 0 aliphatic carbocycles. The van der Waals surface area contributed by atoms with E-state index in [2.05, 4.69) is 4.90 Å². The number of amides is 2. The van der Waals surface area contributed by atoms with Crippen LogP contribution in [-0.2, 0) is 22.6 Å². The van der Waals surface area contributed by atoms with Gasteiger partial charge >= 0.3 is 6.09 Å². The Balaban J connectivity index is 1.05. The van der Waals surface area contributed by atoms with E-state index in [1.807, 2.05) is 108 Å². The van der Waals surface area contributed by atoms with Crippen molar-refractivity contribution in [3.63, 3.8) is 0 Å². The second-order valence-electron chi connectivity index (χ2n) is 13.8. The Morgan fingerprint density at radius 2 is 1.56 bits per heavy atom. The van der Waals surface area contributed by atoms with Crippen molar-refractivity contribution in [3.05, 3.63) is 131 Å². The zero-order chi connectivity index (χ0) is 35.9. The highest BCUT2D eigenvalue weighted by molar-refractivity contribution is 5.94. The number of ether oxygens (including phenoxy) is 4. The predicted octanol–water partition coefficient (Wildman–Crippen LogP) is 6.84. The molecule has 4 saturated heterocycles. The monoisotopic (exact) mass is 705 g/mol. The molecule has 10 nitrogen and oxygen atoms in total. The standard InChI is InChI=1S/C42H47N3O7/c1-49-36-11-5-7-31(25-36)27-44(22-19-39-50-23-24-51-39)41(46)34-15-13-30(14-16-34)29-52-37-12-6-10-35(26-37)40(33-8-3-2-4-9-33)45(42(47)48)38-28-43-20-17-32(38)18-21-43/h2-16,25-26,32,38-40H,17-24,27-29H2,1H3,(H,47,48)/t38?,40-/m0/s1. The first-order valence-corrected chi connectivity index (χ1v) is 18.2. The second-order valence-corrected chi connectivity index (χ2v) is 13.8. The average molecular weight is 706 g/mol. The van der Waals surface area contributed by atoms with Crippen LogP contribution in [0.1, 0.15) is 57.9 Å². The third-order valence-electron chi connectivity index (χ3n) is 10.5. The van der Waals surface area contributed by atoms with Gasteiger partial charge < -0.3 is 33.9 Å². The topological polar surface area (TPSA) is 101 Å². The SMILES string of the molecule is COc1cccc(CN(CCC2OCCO2)C(=O)c2ccc(COc3cccc([C@H](c4ccccc4)N(C(=O)O)C4CN5CCC4CC5)c3)cc2)c1. The van der Waals surface area contributed by atoms with Crippen LogP contribution in [-0.4, -0.2) is 90.6 Å². The van der Waals surface area contributed by atoms with E-state index in [0.717, 1.165) is 60.5 Å². The van der Waals surface area contributed by atoms with E-state index in [4.69, 9.17) is 18.9 Å². The van der Waals surface area contributed by atoms with E-state index in [9.17, 15) is 14.7 Å². The lowest BCUT2D eigenvalue weighted by Gasteiger charge is -2.50. The number of carboxylic acid groups (broad SMARTS) is 1. The molecule has 4 aromatic carbocycles. The minimum Gasteiger partial charge on any atom is -0.497 e. The molecule has 272 valence electrons. The molecule has 8 rings (SSSR count). The van der Waals surface area contributed by atoms with Gasteiger partial charge in [0.25, 0.3) is 5.91 Å². The van der Waals surface area contributed by atoms with Crippen LogP contribution in [0.2, 0.25) is 0 Å². The van der Waals surface area contributed by atoms with Crippen molar-refractivity contribution in [1.82, 2.24) is 14.7 Å². The summed E-state index contributed by atoms with van der Waals surface area (Å²) in [5.41, 5.74) is 4.26. The molecular formula is C42H47N3O7. The van der Waals surface area contributed by atoms with Gasteiger partial charge in [-0.25, -0.2) is 4.79 Å². The van der Waals surface area contributed by atoms with Crippen LogP contribution in [0, 0.1) is 5.92 Å². The molecule has 4 aliphatic heterocycles. The van der Waals surface area contributed by atoms with Crippen LogP contribution >= 0.6 is 0 Å². The molecule has 1 N–H and O–H groups in total. The van der Waals surface area contributed by atoms with Crippen LogP contribution in [0.3, 0.4) is 0 Å². The minimum atomic E-state index is -0.907. The van der Waals surface area contributed by atoms with E-state index >= 15 is 0 Å². The quantitative estimate of drug-likeness (QED) is 0.152. The van der Waals surface area contributed by atoms with Crippen molar-refractivity contribution >= 4 is 12.0 Å². The zero-order valence-corrected chi connectivity index (χ0v) is 29.6. The summed E-state index contributed by atoms with van der Waals surface area (Å²) >= 11 is 0. The largest absolute Gasteiger partial charge is 0.497 e. The molecule has 0 aromatic heterocycles. The van der Waals surface area contributed by atoms with Crippen molar-refractivity contribution < 1.29 is 33.6 Å². The summed E-state index contributed by atoms with van der Waals surface area (Å²) in [6.45, 7) is 5.16. The predicted molar refractivity (Wildman–Crippen MR) is 196 cm³/mol. The maximum absolute atomic E-state index is 13.8. The van der Waals surface area contributed by atoms with E-state index in [1.54, 1.807) is 12.0 Å². The first kappa shape index (κ1) is 35.5. The fourth-order valence-electron chi connectivity index (χ4n) is 7.79. The molecule has 0 saturated carbocycles. The van der Waals surface area contributed by atoms with Gasteiger partial charge in [-0.15, -0.1) is 0 Å². The van der Waals surface area contributed by atoms with Crippen molar-refractivity contribution in [2.24, 2.45) is 5.92 Å². The first-order chi connectivity index (χ1) is 25.4. The Morgan fingerprint density at radius 3 is 2.25 bits per heavy atom. The Hall–Kier alpha value is -4.90. The summed E-state index contributed by atoms with van der Waals surface area (Å²) in [7, 11) is 1.63. The normalized spacial score (nSPS) is 20.3. The first-order valence-electron chi connectivity index (χ1n) is 18.2. The van der Waals surface area contributed by atoms with Gasteiger partial charge in [0.05, 0.1) is 32.4 Å². The number of carbonyl (C=O) groups excluding carboxylic acids is 1. The van der Waals surface area contributed by atoms with E-state index in [0.29, 0.717) is 56.6 Å². The molecule has 4 heterocycles. The summed E-state index contributed by atoms with van der Waals surface area (Å²) in [5, 5.41) is 10.7. The van der Waals surface area contributed by atoms with Gasteiger partial charge in [0.2, 0.25) is 0 Å². The molecule has 10 heteroatoms. The van der Waals surface area contributed by atoms with Crippen molar-refractivity contribution in [2.45, 2.75) is 50.8 Å². The molecule has 2 amide bonds. The summed E-state index contributed by atoms with van der Waals surface area (Å²) in [6, 6.07) is 32.4. The van der Waals surface area contributed by atoms with Crippen molar-refractivity contribution in [2.75, 3.05) is 46.5 Å². The van der Waals surface area contributed by atoms with Gasteiger partial charge in [-0.2, -0.15) is 0 Å². The molecule has 4 fully saturated rings. The molecular weight excluding hydrogens is 658 g/mol. The van der Waals surface area contributed by atoms with Crippen LogP contribution < -0.4 is 9.47 Å². The van der Waals surface area contributed by atoms with E-state index < -0.39 is 12.1 Å². The molecule has 2 atom stereocenters. The number of carbonyl (C=O) groups is 2. The summed E-state index contributed by atoms with van der Waals surface area (Å²) in [6.07, 6.45) is 1.41. The van der Waals surface area contributed by atoms with E-state index in [-0.39, 0.29) is 18.2 Å². The van der Waals surface area contributed by atoms with Gasteiger partial charge in [-0.3, -0.25) is 9.69 Å². The Labute approximate surface area is 305 Å². The van der Waals surface area contributed by atoms with Crippen molar-refractivity contribution in [1.29, 1.82) is 0 Å². The number of rotatable bonds is 14. The number of methoxy groups -OCH3 is 1. The number of hydrogen-bond donors (Lipinski definition) is 1. The number of hydrogen-bond acceptors (Lipinski definition) is 7. The summed E-state index contributed by atoms with van der Waals surface area (Å²) in [4.78, 5) is 32.7. The third kappa shape index (κ3) is 8.41. The summed E-state index contributed by atoms with van der Waals surface area (Å²) in [5.74, 6) is 1.66. The number of fused-ring (bicyclic) bond motifs is 3. The molecule has 4 aromatic rings. The lowest BCUT2D eigenvalue weighted by Crippen LogP contribution is -2.59. The number of benzene rings is 4. The van der Waals surface area contributed by atoms with Gasteiger partial charge in [0.15, 0.2) is 6.29 Å². The smallest absolute Gasteiger partial charge is 0.408 e. The lowest BCUT2D eigenvalue weighted by molar-refractivity contribution is -0.0505. The number of piperidine rings is 3. The Kier molecular flexibility index (Phi) is 11.4. The molecule has 1 unspecified atom stereocenters. The van der Waals surface area contributed by atoms with Crippen molar-refractivity contribution in [3.8, 4) is 11.5 Å². The highest BCUT2D eigenvalue weighted by Crippen LogP contribution is 2.39. The van der Waals surface area contributed by atoms with Crippen LogP contribution in [0.25, 0.3) is 0 Å². The minimum absolute atomic E-state index is 0.0770. The maximum atomic E-state index is 13.8. The Bertz CT molecular complexity index is 1790. The fourth-order valence-corrected chi connectivity index (χ4v) is 7.79. The molecule has 0 radical (unpaired) electrons. The fraction of sp³-hybridized carbons (Fsp3) is 0.381. The lowest BCUT2D eigenvalue weighted by atomic mass is 9.81. The van der Waals surface area contributed by atoms with Gasteiger partial charge in [-0.1, -0.05) is 66.7 Å². The van der Waals surface area contributed by atoms with Crippen LogP contribution in [0.15, 0.2) is 103 Å². The zero-order valence-electron chi connectivity index (χ0n) is 29.6. The molecule has 4 aliphatic rings. The van der Waals surface area contributed by atoms with E-state index in [1.165, 1.54) is 0 Å². The molecule has 2 bridgehead atoms. The third-order valence-corrected chi connectivity index (χ3v) is 10.5. The van der Waals surface area contributed by atoms with Crippen LogP contribution in [0.5, 0.6) is 11.5 Å². The highest BCUT2D eigenvalue weighted by atomic mass is 16.7. The number of nitrogens with zero attached hydrogens (tertiary/aromatic N) is 3. The van der Waals surface area contributed by atoms with Gasteiger partial charge in [0.1, 0.15) is 18.1 Å². The van der Waals surface area contributed by atoms with Gasteiger partial charge in [0, 0.05) is 31.6 Å². The molecule has 0 spiro atoms. The van der Waals surface area contributed by atoms with Crippen LogP contribution in [0.4, 0.5) is 4.79 Å².